The van der Waals surface area contributed by atoms with Crippen LogP contribution in [0.15, 0.2) is 58.5 Å². The highest BCUT2D eigenvalue weighted by Crippen LogP contribution is 2.39. The molecule has 2 N–H and O–H groups in total. The Morgan fingerprint density at radius 3 is 2.38 bits per heavy atom. The molecule has 0 saturated heterocycles. The molecule has 1 aromatic carbocycles. The molecule has 2 bridgehead atoms. The normalized spacial score (nSPS) is 17.2. The molecule has 0 aromatic heterocycles. The van der Waals surface area contributed by atoms with Gasteiger partial charge in [-0.3, -0.25) is 9.69 Å². The SMILES string of the molecule is CCN(CCNS(C)(=O)=O)C1=C(F)C2=C([C@@H](C)Nc3ccc(F)c(F)c3C(F)F)C=C(F)C=C(C2)C(=O)N1C. The second-order valence-electron chi connectivity index (χ2n) is 9.05. The quantitative estimate of drug-likeness (QED) is 0.395. The van der Waals surface area contributed by atoms with E-state index in [2.05, 4.69) is 10.0 Å². The van der Waals surface area contributed by atoms with E-state index in [0.29, 0.717) is 6.07 Å². The molecule has 0 unspecified atom stereocenters. The summed E-state index contributed by atoms with van der Waals surface area (Å²) in [6, 6.07) is 0.449. The summed E-state index contributed by atoms with van der Waals surface area (Å²) in [4.78, 5) is 15.6. The van der Waals surface area contributed by atoms with Crippen molar-refractivity contribution < 1.29 is 39.6 Å². The van der Waals surface area contributed by atoms with Gasteiger partial charge in [0.15, 0.2) is 17.5 Å². The number of hydrogen-bond donors (Lipinski definition) is 2. The monoisotopic (exact) mass is 578 g/mol. The van der Waals surface area contributed by atoms with Crippen LogP contribution in [-0.2, 0) is 14.8 Å². The van der Waals surface area contributed by atoms with Crippen LogP contribution in [0.5, 0.6) is 0 Å². The van der Waals surface area contributed by atoms with Crippen molar-refractivity contribution in [1.29, 1.82) is 0 Å². The Hall–Kier alpha value is -3.26. The molecule has 1 amide bonds. The summed E-state index contributed by atoms with van der Waals surface area (Å²) in [6.45, 7) is 3.10. The Morgan fingerprint density at radius 1 is 1.13 bits per heavy atom. The van der Waals surface area contributed by atoms with Gasteiger partial charge in [-0.15, -0.1) is 0 Å². The minimum absolute atomic E-state index is 0.0176. The molecule has 2 aliphatic rings. The summed E-state index contributed by atoms with van der Waals surface area (Å²) in [5.41, 5.74) is -1.96. The van der Waals surface area contributed by atoms with Gasteiger partial charge in [-0.05, 0) is 43.7 Å². The summed E-state index contributed by atoms with van der Waals surface area (Å²) in [6.07, 6.45) is -0.878. The molecule has 39 heavy (non-hydrogen) atoms. The van der Waals surface area contributed by atoms with Gasteiger partial charge in [0, 0.05) is 56.0 Å². The van der Waals surface area contributed by atoms with Crippen molar-refractivity contribution in [2.45, 2.75) is 32.7 Å². The van der Waals surface area contributed by atoms with E-state index in [1.807, 2.05) is 0 Å². The number of hydrogen-bond acceptors (Lipinski definition) is 5. The number of rotatable bonds is 10. The maximum Gasteiger partial charge on any atom is 0.268 e. The number of halogens is 6. The first-order chi connectivity index (χ1) is 18.2. The number of allylic oxidation sites excluding steroid dienone is 4. The van der Waals surface area contributed by atoms with Crippen LogP contribution in [0.2, 0.25) is 0 Å². The third-order valence-corrected chi connectivity index (χ3v) is 7.02. The van der Waals surface area contributed by atoms with Crippen LogP contribution in [0.25, 0.3) is 0 Å². The van der Waals surface area contributed by atoms with Gasteiger partial charge in [-0.2, -0.15) is 0 Å². The fraction of sp³-hybridized carbons (Fsp3) is 0.400. The lowest BCUT2D eigenvalue weighted by atomic mass is 9.96. The van der Waals surface area contributed by atoms with Crippen molar-refractivity contribution in [3.8, 4) is 0 Å². The number of carbonyl (C=O) groups is 1. The van der Waals surface area contributed by atoms with Crippen LogP contribution in [0, 0.1) is 11.6 Å². The van der Waals surface area contributed by atoms with E-state index in [4.69, 9.17) is 0 Å². The first-order valence-corrected chi connectivity index (χ1v) is 13.8. The summed E-state index contributed by atoms with van der Waals surface area (Å²) in [5.74, 6) is -5.93. The van der Waals surface area contributed by atoms with Crippen LogP contribution < -0.4 is 10.0 Å². The number of nitrogens with one attached hydrogen (secondary N) is 2. The molecule has 0 saturated carbocycles. The molecule has 0 spiro atoms. The molecule has 14 heteroatoms. The number of fused-ring (bicyclic) bond motifs is 2. The second kappa shape index (κ2) is 11.9. The molecule has 1 atom stereocenters. The average molecular weight is 579 g/mol. The van der Waals surface area contributed by atoms with E-state index in [1.54, 1.807) is 6.92 Å². The number of carbonyl (C=O) groups excluding carboxylic acids is 1. The molecule has 1 heterocycles. The molecule has 3 rings (SSSR count). The van der Waals surface area contributed by atoms with Gasteiger partial charge in [0.25, 0.3) is 12.3 Å². The molecule has 214 valence electrons. The zero-order valence-electron chi connectivity index (χ0n) is 21.6. The Labute approximate surface area is 222 Å². The van der Waals surface area contributed by atoms with Gasteiger partial charge in [-0.1, -0.05) is 0 Å². The van der Waals surface area contributed by atoms with Crippen molar-refractivity contribution in [3.05, 3.63) is 75.7 Å². The van der Waals surface area contributed by atoms with Crippen LogP contribution >= 0.6 is 0 Å². The van der Waals surface area contributed by atoms with Gasteiger partial charge in [-0.25, -0.2) is 39.5 Å². The van der Waals surface area contributed by atoms with E-state index in [9.17, 15) is 35.2 Å². The van der Waals surface area contributed by atoms with E-state index >= 15 is 4.39 Å². The number of benzene rings is 1. The molecule has 0 radical (unpaired) electrons. The van der Waals surface area contributed by atoms with E-state index in [0.717, 1.165) is 29.4 Å². The van der Waals surface area contributed by atoms with Gasteiger partial charge >= 0.3 is 0 Å². The molecule has 1 aliphatic carbocycles. The Kier molecular flexibility index (Phi) is 9.21. The average Bonchev–Trinajstić information content (AvgIpc) is 3.06. The van der Waals surface area contributed by atoms with Crippen molar-refractivity contribution in [2.75, 3.05) is 38.3 Å². The number of alkyl halides is 2. The third-order valence-electron chi connectivity index (χ3n) is 6.30. The van der Waals surface area contributed by atoms with Gasteiger partial charge in [0.1, 0.15) is 11.6 Å². The fourth-order valence-corrected chi connectivity index (χ4v) is 4.92. The number of nitrogens with zero attached hydrogens (tertiary/aromatic N) is 2. The van der Waals surface area contributed by atoms with Crippen LogP contribution in [0.1, 0.15) is 32.3 Å². The first-order valence-electron chi connectivity index (χ1n) is 11.9. The maximum atomic E-state index is 16.3. The highest BCUT2D eigenvalue weighted by molar-refractivity contribution is 7.88. The predicted octanol–water partition coefficient (Wildman–Crippen LogP) is 4.66. The van der Waals surface area contributed by atoms with Crippen molar-refractivity contribution in [1.82, 2.24) is 14.5 Å². The van der Waals surface area contributed by atoms with Crippen molar-refractivity contribution in [3.63, 3.8) is 0 Å². The molecule has 1 aromatic rings. The minimum Gasteiger partial charge on any atom is -0.378 e. The Morgan fingerprint density at radius 2 is 1.79 bits per heavy atom. The lowest BCUT2D eigenvalue weighted by molar-refractivity contribution is -0.125. The lowest BCUT2D eigenvalue weighted by Crippen LogP contribution is -2.41. The van der Waals surface area contributed by atoms with Crippen molar-refractivity contribution in [2.24, 2.45) is 0 Å². The van der Waals surface area contributed by atoms with E-state index in [-0.39, 0.29) is 48.6 Å². The summed E-state index contributed by atoms with van der Waals surface area (Å²) in [7, 11) is -2.25. The zero-order valence-corrected chi connectivity index (χ0v) is 22.4. The highest BCUT2D eigenvalue weighted by Gasteiger charge is 2.35. The van der Waals surface area contributed by atoms with E-state index in [1.165, 1.54) is 18.9 Å². The largest absolute Gasteiger partial charge is 0.378 e. The standard InChI is InChI=1S/C25H28F6N4O3S/c1-5-35(9-8-32-39(4,37)38)24-21(28)17-11-14(25(36)34(24)3)10-15(26)12-16(17)13(2)33-19-7-6-18(27)22(29)20(19)23(30)31/h6-7,10,12-13,23,32-33H,5,8-9,11H2,1-4H3/t13-/m1/s1. The first kappa shape index (κ1) is 30.3. The highest BCUT2D eigenvalue weighted by atomic mass is 32.2. The predicted molar refractivity (Wildman–Crippen MR) is 134 cm³/mol. The smallest absolute Gasteiger partial charge is 0.268 e. The summed E-state index contributed by atoms with van der Waals surface area (Å²) < 4.78 is 111. The minimum atomic E-state index is -3.54. The molecule has 0 fully saturated rings. The van der Waals surface area contributed by atoms with Crippen LogP contribution in [0.4, 0.5) is 32.0 Å². The molecule has 7 nitrogen and oxygen atoms in total. The van der Waals surface area contributed by atoms with Gasteiger partial charge < -0.3 is 10.2 Å². The fourth-order valence-electron chi connectivity index (χ4n) is 4.46. The van der Waals surface area contributed by atoms with Gasteiger partial charge in [0.05, 0.1) is 11.8 Å². The van der Waals surface area contributed by atoms with Crippen LogP contribution in [-0.4, -0.2) is 63.1 Å². The van der Waals surface area contributed by atoms with Crippen LogP contribution in [0.3, 0.4) is 0 Å². The van der Waals surface area contributed by atoms with Gasteiger partial charge in [0.2, 0.25) is 10.0 Å². The van der Waals surface area contributed by atoms with Crippen molar-refractivity contribution >= 4 is 21.6 Å². The molecular formula is C25H28F6N4O3S. The maximum absolute atomic E-state index is 16.3. The molecule has 1 aliphatic heterocycles. The third kappa shape index (κ3) is 6.67. The summed E-state index contributed by atoms with van der Waals surface area (Å²) >= 11 is 0. The lowest BCUT2D eigenvalue weighted by Gasteiger charge is -2.32. The molecular weight excluding hydrogens is 550 g/mol. The Bertz CT molecular complexity index is 1390. The topological polar surface area (TPSA) is 81.8 Å². The summed E-state index contributed by atoms with van der Waals surface area (Å²) in [5, 5.41) is 2.60. The number of sulfonamides is 1. The number of anilines is 1. The number of likely N-dealkylation sites (N-methyl/N-ethyl adjacent to an activating group) is 2. The Balaban J connectivity index is 2.13. The number of amides is 1. The zero-order chi connectivity index (χ0) is 29.2. The second-order valence-corrected chi connectivity index (χ2v) is 10.9. The van der Waals surface area contributed by atoms with E-state index < -0.39 is 62.9 Å².